The normalized spacial score (nSPS) is 43.9. The van der Waals surface area contributed by atoms with E-state index in [1.54, 1.807) is 0 Å². The van der Waals surface area contributed by atoms with Crippen LogP contribution >= 0.6 is 0 Å². The quantitative estimate of drug-likeness (QED) is 0.375. The van der Waals surface area contributed by atoms with E-state index in [0.717, 1.165) is 6.42 Å². The van der Waals surface area contributed by atoms with E-state index in [1.807, 2.05) is 6.92 Å². The number of nitrogens with one attached hydrogen (secondary N) is 1. The van der Waals surface area contributed by atoms with Crippen molar-refractivity contribution >= 4 is 0 Å². The predicted octanol–water partition coefficient (Wildman–Crippen LogP) is -1.80. The zero-order chi connectivity index (χ0) is 10.7. The molecular formula is C9H19NO4. The smallest absolute Gasteiger partial charge is 0.109 e. The summed E-state index contributed by atoms with van der Waals surface area (Å²) in [5.41, 5.74) is 0. The summed E-state index contributed by atoms with van der Waals surface area (Å²) in [6.07, 6.45) is -1.67. The van der Waals surface area contributed by atoms with E-state index in [1.165, 1.54) is 0 Å². The topological polar surface area (TPSA) is 93.0 Å². The fourth-order valence-corrected chi connectivity index (χ4v) is 1.88. The average molecular weight is 205 g/mol. The van der Waals surface area contributed by atoms with Gasteiger partial charge in [-0.25, -0.2) is 0 Å². The third-order valence-electron chi connectivity index (χ3n) is 2.75. The molecule has 14 heavy (non-hydrogen) atoms. The van der Waals surface area contributed by atoms with Crippen molar-refractivity contribution < 1.29 is 20.4 Å². The molecule has 0 bridgehead atoms. The third kappa shape index (κ3) is 2.24. The van der Waals surface area contributed by atoms with Crippen molar-refractivity contribution in [1.82, 2.24) is 5.32 Å². The summed E-state index contributed by atoms with van der Waals surface area (Å²) >= 11 is 0. The van der Waals surface area contributed by atoms with Crippen LogP contribution in [0.5, 0.6) is 0 Å². The molecule has 0 aromatic heterocycles. The molecular weight excluding hydrogens is 186 g/mol. The Morgan fingerprint density at radius 2 is 1.57 bits per heavy atom. The summed E-state index contributed by atoms with van der Waals surface area (Å²) in [6.45, 7) is 1.73. The first-order chi connectivity index (χ1) is 6.61. The van der Waals surface area contributed by atoms with Gasteiger partial charge in [-0.05, 0) is 6.42 Å². The van der Waals surface area contributed by atoms with Crippen molar-refractivity contribution in [2.75, 3.05) is 6.61 Å². The van der Waals surface area contributed by atoms with Gasteiger partial charge in [0.1, 0.15) is 6.10 Å². The van der Waals surface area contributed by atoms with Crippen LogP contribution < -0.4 is 5.32 Å². The lowest BCUT2D eigenvalue weighted by molar-refractivity contribution is -0.120. The Hall–Kier alpha value is -0.200. The van der Waals surface area contributed by atoms with E-state index in [2.05, 4.69) is 5.32 Å². The van der Waals surface area contributed by atoms with E-state index in [0.29, 0.717) is 6.42 Å². The van der Waals surface area contributed by atoms with Gasteiger partial charge in [0.15, 0.2) is 0 Å². The highest BCUT2D eigenvalue weighted by Gasteiger charge is 2.41. The minimum Gasteiger partial charge on any atom is -0.395 e. The minimum atomic E-state index is -1.18. The highest BCUT2D eigenvalue weighted by atomic mass is 16.4. The first-order valence-corrected chi connectivity index (χ1v) is 5.03. The number of hydrogen-bond acceptors (Lipinski definition) is 5. The maximum atomic E-state index is 9.60. The second kappa shape index (κ2) is 5.04. The van der Waals surface area contributed by atoms with Crippen LogP contribution in [0.3, 0.4) is 0 Å². The molecule has 5 N–H and O–H groups in total. The molecule has 84 valence electrons. The largest absolute Gasteiger partial charge is 0.395 e. The first kappa shape index (κ1) is 11.9. The first-order valence-electron chi connectivity index (χ1n) is 5.03. The van der Waals surface area contributed by atoms with Gasteiger partial charge in [-0.3, -0.25) is 0 Å². The van der Waals surface area contributed by atoms with Gasteiger partial charge in [-0.15, -0.1) is 0 Å². The molecule has 0 unspecified atom stereocenters. The van der Waals surface area contributed by atoms with Gasteiger partial charge >= 0.3 is 0 Å². The van der Waals surface area contributed by atoms with Gasteiger partial charge < -0.3 is 25.7 Å². The summed E-state index contributed by atoms with van der Waals surface area (Å²) in [5, 5.41) is 40.4. The second-order valence-electron chi connectivity index (χ2n) is 3.82. The molecule has 1 rings (SSSR count). The SMILES string of the molecule is CCC[C@@H]1N[C@@H](CO)[C@@H](O)[C@H](O)[C@H]1O. The number of aliphatic hydroxyl groups excluding tert-OH is 4. The minimum absolute atomic E-state index is 0.245. The van der Waals surface area contributed by atoms with Crippen molar-refractivity contribution in [1.29, 1.82) is 0 Å². The summed E-state index contributed by atoms with van der Waals surface area (Å²) < 4.78 is 0. The summed E-state index contributed by atoms with van der Waals surface area (Å²) in [5.74, 6) is 0. The molecule has 1 saturated heterocycles. The molecule has 0 radical (unpaired) electrons. The van der Waals surface area contributed by atoms with E-state index < -0.39 is 24.4 Å². The molecule has 5 nitrogen and oxygen atoms in total. The van der Waals surface area contributed by atoms with Crippen LogP contribution in [0.2, 0.25) is 0 Å². The zero-order valence-electron chi connectivity index (χ0n) is 8.30. The van der Waals surface area contributed by atoms with Crippen LogP contribution in [0.4, 0.5) is 0 Å². The average Bonchev–Trinajstić information content (AvgIpc) is 2.19. The molecule has 0 aliphatic carbocycles. The zero-order valence-corrected chi connectivity index (χ0v) is 8.30. The van der Waals surface area contributed by atoms with Crippen LogP contribution in [0.1, 0.15) is 19.8 Å². The van der Waals surface area contributed by atoms with Crippen molar-refractivity contribution in [3.8, 4) is 0 Å². The monoisotopic (exact) mass is 205 g/mol. The highest BCUT2D eigenvalue weighted by molar-refractivity contribution is 4.97. The molecule has 0 aromatic rings. The number of hydrogen-bond donors (Lipinski definition) is 5. The summed E-state index contributed by atoms with van der Waals surface area (Å²) in [4.78, 5) is 0. The van der Waals surface area contributed by atoms with Crippen LogP contribution in [0, 0.1) is 0 Å². The molecule has 0 amide bonds. The summed E-state index contributed by atoms with van der Waals surface area (Å²) in [7, 11) is 0. The molecule has 0 aromatic carbocycles. The number of piperidine rings is 1. The lowest BCUT2D eigenvalue weighted by Crippen LogP contribution is -2.65. The predicted molar refractivity (Wildman–Crippen MR) is 50.7 cm³/mol. The van der Waals surface area contributed by atoms with Gasteiger partial charge in [0.25, 0.3) is 0 Å². The van der Waals surface area contributed by atoms with Crippen molar-refractivity contribution in [2.24, 2.45) is 0 Å². The van der Waals surface area contributed by atoms with Gasteiger partial charge in [-0.2, -0.15) is 0 Å². The van der Waals surface area contributed by atoms with Crippen molar-refractivity contribution in [2.45, 2.75) is 50.2 Å². The molecule has 1 aliphatic rings. The van der Waals surface area contributed by atoms with Gasteiger partial charge in [0.05, 0.1) is 24.9 Å². The Labute approximate surface area is 83.4 Å². The van der Waals surface area contributed by atoms with Crippen LogP contribution in [-0.2, 0) is 0 Å². The Morgan fingerprint density at radius 1 is 1.00 bits per heavy atom. The maximum absolute atomic E-state index is 9.60. The van der Waals surface area contributed by atoms with Gasteiger partial charge in [0, 0.05) is 6.04 Å². The Kier molecular flexibility index (Phi) is 4.28. The lowest BCUT2D eigenvalue weighted by atomic mass is 9.88. The highest BCUT2D eigenvalue weighted by Crippen LogP contribution is 2.18. The van der Waals surface area contributed by atoms with Crippen molar-refractivity contribution in [3.63, 3.8) is 0 Å². The second-order valence-corrected chi connectivity index (χ2v) is 3.82. The van der Waals surface area contributed by atoms with Crippen molar-refractivity contribution in [3.05, 3.63) is 0 Å². The molecule has 1 aliphatic heterocycles. The molecule has 1 heterocycles. The standard InChI is InChI=1S/C9H19NO4/c1-2-3-5-7(12)9(14)8(13)6(4-11)10-5/h5-14H,2-4H2,1H3/t5-,6-,7-,8+,9+/m0/s1. The molecule has 1 fully saturated rings. The van der Waals surface area contributed by atoms with Crippen LogP contribution in [0.25, 0.3) is 0 Å². The molecule has 0 spiro atoms. The molecule has 5 atom stereocenters. The Bertz CT molecular complexity index is 174. The maximum Gasteiger partial charge on any atom is 0.109 e. The Balaban J connectivity index is 2.63. The van der Waals surface area contributed by atoms with E-state index in [4.69, 9.17) is 5.11 Å². The van der Waals surface area contributed by atoms with Crippen LogP contribution in [0.15, 0.2) is 0 Å². The van der Waals surface area contributed by atoms with Crippen LogP contribution in [-0.4, -0.2) is 57.4 Å². The summed E-state index contributed by atoms with van der Waals surface area (Å²) in [6, 6.07) is -0.805. The molecule has 5 heteroatoms. The lowest BCUT2D eigenvalue weighted by Gasteiger charge is -2.41. The number of aliphatic hydroxyl groups is 4. The van der Waals surface area contributed by atoms with E-state index in [9.17, 15) is 15.3 Å². The fourth-order valence-electron chi connectivity index (χ4n) is 1.88. The van der Waals surface area contributed by atoms with Gasteiger partial charge in [0.2, 0.25) is 0 Å². The van der Waals surface area contributed by atoms with Gasteiger partial charge in [-0.1, -0.05) is 13.3 Å². The number of rotatable bonds is 3. The fraction of sp³-hybridized carbons (Fsp3) is 1.00. The van der Waals surface area contributed by atoms with E-state index >= 15 is 0 Å². The third-order valence-corrected chi connectivity index (χ3v) is 2.75. The molecule has 0 saturated carbocycles. The van der Waals surface area contributed by atoms with E-state index in [-0.39, 0.29) is 12.6 Å². The Morgan fingerprint density at radius 3 is 2.07 bits per heavy atom.